The van der Waals surface area contributed by atoms with Crippen LogP contribution in [0.15, 0.2) is 47.5 Å². The van der Waals surface area contributed by atoms with E-state index in [4.69, 9.17) is 4.99 Å². The summed E-state index contributed by atoms with van der Waals surface area (Å²) in [6.07, 6.45) is 0.842. The third-order valence-electron chi connectivity index (χ3n) is 5.72. The van der Waals surface area contributed by atoms with Gasteiger partial charge in [-0.05, 0) is 43.5 Å². The average molecular weight is 458 g/mol. The van der Waals surface area contributed by atoms with Gasteiger partial charge in [0.15, 0.2) is 15.0 Å². The predicted octanol–water partition coefficient (Wildman–Crippen LogP) is 3.58. The van der Waals surface area contributed by atoms with E-state index < -0.39 is 9.84 Å². The Labute approximate surface area is 188 Å². The lowest BCUT2D eigenvalue weighted by atomic mass is 10.1. The van der Waals surface area contributed by atoms with Gasteiger partial charge in [-0.25, -0.2) is 8.42 Å². The van der Waals surface area contributed by atoms with Gasteiger partial charge in [0.1, 0.15) is 0 Å². The van der Waals surface area contributed by atoms with E-state index in [-0.39, 0.29) is 35.2 Å². The number of thioether (sulfide) groups is 1. The normalized spacial score (nSPS) is 21.6. The second-order valence-corrected chi connectivity index (χ2v) is 11.2. The van der Waals surface area contributed by atoms with Gasteiger partial charge in [0.05, 0.1) is 29.3 Å². The number of aliphatic imine (C=N–C) groups is 1. The molecule has 8 heteroatoms. The van der Waals surface area contributed by atoms with Crippen molar-refractivity contribution in [2.75, 3.05) is 27.5 Å². The second-order valence-electron chi connectivity index (χ2n) is 8.13. The Morgan fingerprint density at radius 1 is 1.19 bits per heavy atom. The Kier molecular flexibility index (Phi) is 6.12. The van der Waals surface area contributed by atoms with Crippen LogP contribution in [0, 0.1) is 13.8 Å². The molecule has 2 aliphatic rings. The monoisotopic (exact) mass is 457 g/mol. The third kappa shape index (κ3) is 4.65. The van der Waals surface area contributed by atoms with Gasteiger partial charge < -0.3 is 10.2 Å². The highest BCUT2D eigenvalue weighted by atomic mass is 32.2. The van der Waals surface area contributed by atoms with Crippen molar-refractivity contribution in [3.63, 3.8) is 0 Å². The molecule has 0 aromatic heterocycles. The van der Waals surface area contributed by atoms with Crippen LogP contribution in [0.5, 0.6) is 0 Å². The molecule has 2 aromatic rings. The first-order valence-corrected chi connectivity index (χ1v) is 13.2. The standard InChI is InChI=1S/C23H27N3O3S2/c1-4-17-7-5-6-8-18(17)24-22(27)12-30-23-25-19-13-31(28,29)14-21(19)26(23)20-10-9-15(2)11-16(20)3/h5-11,19,21H,4,12-14H2,1-3H3,(H,24,27). The number of amides is 1. The van der Waals surface area contributed by atoms with Crippen molar-refractivity contribution >= 4 is 44.0 Å². The van der Waals surface area contributed by atoms with E-state index in [1.54, 1.807) is 0 Å². The van der Waals surface area contributed by atoms with Crippen molar-refractivity contribution in [3.05, 3.63) is 59.2 Å². The smallest absolute Gasteiger partial charge is 0.234 e. The Bertz CT molecular complexity index is 1140. The van der Waals surface area contributed by atoms with Crippen molar-refractivity contribution in [3.8, 4) is 0 Å². The number of fused-ring (bicyclic) bond motifs is 1. The predicted molar refractivity (Wildman–Crippen MR) is 129 cm³/mol. The molecule has 0 spiro atoms. The lowest BCUT2D eigenvalue weighted by molar-refractivity contribution is -0.113. The van der Waals surface area contributed by atoms with Gasteiger partial charge in [0.25, 0.3) is 0 Å². The van der Waals surface area contributed by atoms with Crippen LogP contribution >= 0.6 is 11.8 Å². The maximum Gasteiger partial charge on any atom is 0.234 e. The molecular weight excluding hydrogens is 430 g/mol. The second kappa shape index (κ2) is 8.67. The van der Waals surface area contributed by atoms with Crippen LogP contribution in [0.25, 0.3) is 0 Å². The molecule has 2 heterocycles. The van der Waals surface area contributed by atoms with Crippen LogP contribution in [0.3, 0.4) is 0 Å². The minimum atomic E-state index is -3.11. The number of aryl methyl sites for hydroxylation is 3. The van der Waals surface area contributed by atoms with Crippen LogP contribution in [0.4, 0.5) is 11.4 Å². The summed E-state index contributed by atoms with van der Waals surface area (Å²) in [5, 5.41) is 3.71. The van der Waals surface area contributed by atoms with Crippen LogP contribution < -0.4 is 10.2 Å². The lowest BCUT2D eigenvalue weighted by Gasteiger charge is -2.28. The first-order chi connectivity index (χ1) is 14.8. The maximum absolute atomic E-state index is 12.6. The van der Waals surface area contributed by atoms with E-state index in [0.717, 1.165) is 39.7 Å². The molecule has 1 saturated heterocycles. The summed E-state index contributed by atoms with van der Waals surface area (Å²) in [7, 11) is -3.11. The molecule has 0 radical (unpaired) electrons. The number of rotatable bonds is 5. The number of sulfone groups is 1. The summed E-state index contributed by atoms with van der Waals surface area (Å²) in [6, 6.07) is 13.4. The third-order valence-corrected chi connectivity index (χ3v) is 8.39. The van der Waals surface area contributed by atoms with Gasteiger partial charge in [-0.2, -0.15) is 0 Å². The first kappa shape index (κ1) is 21.9. The van der Waals surface area contributed by atoms with Gasteiger partial charge in [-0.3, -0.25) is 9.79 Å². The highest BCUT2D eigenvalue weighted by Gasteiger charge is 2.47. The Morgan fingerprint density at radius 3 is 2.71 bits per heavy atom. The number of nitrogens with one attached hydrogen (secondary N) is 1. The number of hydrogen-bond acceptors (Lipinski definition) is 6. The summed E-state index contributed by atoms with van der Waals surface area (Å²) in [4.78, 5) is 19.4. The van der Waals surface area contributed by atoms with Crippen LogP contribution in [-0.2, 0) is 21.1 Å². The molecular formula is C23H27N3O3S2. The van der Waals surface area contributed by atoms with E-state index >= 15 is 0 Å². The SMILES string of the molecule is CCc1ccccc1NC(=O)CSC1=NC2CS(=O)(=O)CC2N1c1ccc(C)cc1C. The van der Waals surface area contributed by atoms with Crippen molar-refractivity contribution in [1.29, 1.82) is 0 Å². The fraction of sp³-hybridized carbons (Fsp3) is 0.391. The molecule has 4 rings (SSSR count). The zero-order chi connectivity index (χ0) is 22.2. The molecule has 0 saturated carbocycles. The summed E-state index contributed by atoms with van der Waals surface area (Å²) >= 11 is 1.37. The van der Waals surface area contributed by atoms with Crippen molar-refractivity contribution < 1.29 is 13.2 Å². The van der Waals surface area contributed by atoms with Crippen LogP contribution in [-0.4, -0.2) is 48.8 Å². The number of amidine groups is 1. The van der Waals surface area contributed by atoms with E-state index in [9.17, 15) is 13.2 Å². The number of nitrogens with zero attached hydrogens (tertiary/aromatic N) is 2. The van der Waals surface area contributed by atoms with Gasteiger partial charge in [0, 0.05) is 11.4 Å². The molecule has 0 aliphatic carbocycles. The zero-order valence-electron chi connectivity index (χ0n) is 18.0. The summed E-state index contributed by atoms with van der Waals surface area (Å²) in [5.74, 6) is 0.275. The number of para-hydroxylation sites is 1. The van der Waals surface area contributed by atoms with Crippen molar-refractivity contribution in [2.45, 2.75) is 39.3 Å². The summed E-state index contributed by atoms with van der Waals surface area (Å²) in [5.41, 5.74) is 5.10. The van der Waals surface area contributed by atoms with Crippen LogP contribution in [0.1, 0.15) is 23.6 Å². The quantitative estimate of drug-likeness (QED) is 0.743. The summed E-state index contributed by atoms with van der Waals surface area (Å²) in [6.45, 7) is 6.11. The lowest BCUT2D eigenvalue weighted by Crippen LogP contribution is -2.39. The number of benzene rings is 2. The molecule has 2 aromatic carbocycles. The summed E-state index contributed by atoms with van der Waals surface area (Å²) < 4.78 is 24.5. The molecule has 2 atom stereocenters. The molecule has 31 heavy (non-hydrogen) atoms. The molecule has 2 unspecified atom stereocenters. The minimum Gasteiger partial charge on any atom is -0.325 e. The molecule has 6 nitrogen and oxygen atoms in total. The topological polar surface area (TPSA) is 78.8 Å². The van der Waals surface area contributed by atoms with E-state index in [1.807, 2.05) is 55.1 Å². The Balaban J connectivity index is 1.53. The number of carbonyl (C=O) groups excluding carboxylic acids is 1. The zero-order valence-corrected chi connectivity index (χ0v) is 19.6. The minimum absolute atomic E-state index is 0.0687. The van der Waals surface area contributed by atoms with Crippen LogP contribution in [0.2, 0.25) is 0 Å². The highest BCUT2D eigenvalue weighted by Crippen LogP contribution is 2.36. The number of hydrogen-bond donors (Lipinski definition) is 1. The van der Waals surface area contributed by atoms with Crippen molar-refractivity contribution in [1.82, 2.24) is 0 Å². The molecule has 1 N–H and O–H groups in total. The number of anilines is 2. The van der Waals surface area contributed by atoms with E-state index in [1.165, 1.54) is 11.8 Å². The highest BCUT2D eigenvalue weighted by molar-refractivity contribution is 8.14. The Morgan fingerprint density at radius 2 is 1.97 bits per heavy atom. The number of carbonyl (C=O) groups is 1. The Hall–Kier alpha value is -2.32. The molecule has 2 aliphatic heterocycles. The maximum atomic E-state index is 12.6. The van der Waals surface area contributed by atoms with Crippen molar-refractivity contribution in [2.24, 2.45) is 4.99 Å². The fourth-order valence-corrected chi connectivity index (χ4v) is 7.02. The molecule has 164 valence electrons. The largest absolute Gasteiger partial charge is 0.325 e. The van der Waals surface area contributed by atoms with Gasteiger partial charge in [0.2, 0.25) is 5.91 Å². The fourth-order valence-electron chi connectivity index (χ4n) is 4.26. The van der Waals surface area contributed by atoms with Gasteiger partial charge in [-0.15, -0.1) is 0 Å². The average Bonchev–Trinajstić information content (AvgIpc) is 3.18. The van der Waals surface area contributed by atoms with E-state index in [0.29, 0.717) is 0 Å². The van der Waals surface area contributed by atoms with E-state index in [2.05, 4.69) is 18.3 Å². The van der Waals surface area contributed by atoms with Gasteiger partial charge in [-0.1, -0.05) is 54.6 Å². The molecule has 1 amide bonds. The van der Waals surface area contributed by atoms with Gasteiger partial charge >= 0.3 is 0 Å². The molecule has 0 bridgehead atoms. The first-order valence-electron chi connectivity index (χ1n) is 10.4. The molecule has 1 fully saturated rings.